The molecule has 2 heterocycles. The molecule has 2 aliphatic heterocycles. The number of carbonyl (C=O) groups excluding carboxylic acids is 2. The highest BCUT2D eigenvalue weighted by Crippen LogP contribution is 2.21. The lowest BCUT2D eigenvalue weighted by Crippen LogP contribution is -2.48. The largest absolute Gasteiger partial charge is 0.382 e. The fraction of sp³-hybridized carbons (Fsp3) is 0.882. The minimum atomic E-state index is 0.0515. The molecule has 2 saturated heterocycles. The summed E-state index contributed by atoms with van der Waals surface area (Å²) >= 11 is 0. The molecule has 1 atom stereocenters. The molecule has 1 unspecified atom stereocenters. The summed E-state index contributed by atoms with van der Waals surface area (Å²) in [6.07, 6.45) is 4.49. The number of hydrogen-bond donors (Lipinski definition) is 2. The molecule has 0 bridgehead atoms. The van der Waals surface area contributed by atoms with E-state index in [-0.39, 0.29) is 23.7 Å². The number of carbonyl (C=O) groups is 2. The van der Waals surface area contributed by atoms with E-state index in [1.54, 1.807) is 0 Å². The topological polar surface area (TPSA) is 70.7 Å². The maximum Gasteiger partial charge on any atom is 0.226 e. The van der Waals surface area contributed by atoms with E-state index in [1.165, 1.54) is 0 Å². The van der Waals surface area contributed by atoms with Crippen molar-refractivity contribution in [2.45, 2.75) is 39.0 Å². The molecule has 0 aliphatic carbocycles. The van der Waals surface area contributed by atoms with Crippen LogP contribution in [0.1, 0.15) is 39.0 Å². The number of amides is 2. The summed E-state index contributed by atoms with van der Waals surface area (Å²) in [6.45, 7) is 7.31. The Balaban J connectivity index is 1.64. The zero-order valence-electron chi connectivity index (χ0n) is 14.3. The van der Waals surface area contributed by atoms with Gasteiger partial charge in [-0.25, -0.2) is 0 Å². The Bertz CT molecular complexity index is 375. The summed E-state index contributed by atoms with van der Waals surface area (Å²) in [5, 5.41) is 6.28. The molecule has 2 fully saturated rings. The molecule has 0 saturated carbocycles. The van der Waals surface area contributed by atoms with Crippen molar-refractivity contribution in [1.29, 1.82) is 0 Å². The number of rotatable bonds is 7. The Labute approximate surface area is 139 Å². The minimum absolute atomic E-state index is 0.0515. The first kappa shape index (κ1) is 18.2. The Morgan fingerprint density at radius 1 is 1.22 bits per heavy atom. The third-order valence-corrected chi connectivity index (χ3v) is 4.79. The average molecular weight is 325 g/mol. The molecule has 23 heavy (non-hydrogen) atoms. The number of ether oxygens (including phenoxy) is 1. The van der Waals surface area contributed by atoms with Crippen molar-refractivity contribution in [3.05, 3.63) is 0 Å². The van der Waals surface area contributed by atoms with Gasteiger partial charge in [0.15, 0.2) is 0 Å². The zero-order valence-corrected chi connectivity index (χ0v) is 14.3. The van der Waals surface area contributed by atoms with E-state index in [0.29, 0.717) is 26.2 Å². The molecule has 2 amide bonds. The first-order valence-electron chi connectivity index (χ1n) is 9.07. The fourth-order valence-corrected chi connectivity index (χ4v) is 3.36. The maximum atomic E-state index is 12.5. The van der Waals surface area contributed by atoms with Crippen LogP contribution in [-0.2, 0) is 14.3 Å². The van der Waals surface area contributed by atoms with E-state index in [0.717, 1.165) is 51.8 Å². The Morgan fingerprint density at radius 2 is 2.00 bits per heavy atom. The van der Waals surface area contributed by atoms with Crippen molar-refractivity contribution in [3.63, 3.8) is 0 Å². The van der Waals surface area contributed by atoms with Crippen molar-refractivity contribution >= 4 is 11.8 Å². The summed E-state index contributed by atoms with van der Waals surface area (Å²) in [5.41, 5.74) is 0. The van der Waals surface area contributed by atoms with Crippen LogP contribution < -0.4 is 10.6 Å². The number of likely N-dealkylation sites (tertiary alicyclic amines) is 1. The standard InChI is InChI=1S/C17H31N3O3/c1-2-23-12-4-9-19-16(21)14-6-10-20(11-7-14)17(22)15-5-3-8-18-13-15/h14-15,18H,2-13H2,1H3,(H,19,21). The van der Waals surface area contributed by atoms with E-state index in [9.17, 15) is 9.59 Å². The molecule has 0 aromatic carbocycles. The molecular formula is C17H31N3O3. The van der Waals surface area contributed by atoms with Crippen molar-refractivity contribution in [2.75, 3.05) is 45.9 Å². The normalized spacial score (nSPS) is 22.8. The third-order valence-electron chi connectivity index (χ3n) is 4.79. The van der Waals surface area contributed by atoms with Crippen LogP contribution in [0.5, 0.6) is 0 Å². The second-order valence-corrected chi connectivity index (χ2v) is 6.48. The van der Waals surface area contributed by atoms with Gasteiger partial charge in [0.1, 0.15) is 0 Å². The van der Waals surface area contributed by atoms with Crippen molar-refractivity contribution in [1.82, 2.24) is 15.5 Å². The molecule has 0 aromatic rings. The van der Waals surface area contributed by atoms with Crippen LogP contribution in [0.2, 0.25) is 0 Å². The second kappa shape index (κ2) is 9.88. The molecule has 2 N–H and O–H groups in total. The number of hydrogen-bond acceptors (Lipinski definition) is 4. The highest BCUT2D eigenvalue weighted by Gasteiger charge is 2.31. The lowest BCUT2D eigenvalue weighted by Gasteiger charge is -2.34. The van der Waals surface area contributed by atoms with Crippen LogP contribution in [0.4, 0.5) is 0 Å². The van der Waals surface area contributed by atoms with Gasteiger partial charge in [-0.1, -0.05) is 0 Å². The minimum Gasteiger partial charge on any atom is -0.382 e. The molecule has 2 aliphatic rings. The summed E-state index contributed by atoms with van der Waals surface area (Å²) < 4.78 is 5.26. The molecule has 2 rings (SSSR count). The van der Waals surface area contributed by atoms with Crippen molar-refractivity contribution in [3.8, 4) is 0 Å². The van der Waals surface area contributed by atoms with Gasteiger partial charge in [0.2, 0.25) is 11.8 Å². The van der Waals surface area contributed by atoms with Crippen LogP contribution in [0.25, 0.3) is 0 Å². The van der Waals surface area contributed by atoms with Crippen molar-refractivity contribution < 1.29 is 14.3 Å². The molecular weight excluding hydrogens is 294 g/mol. The number of piperidine rings is 2. The summed E-state index contributed by atoms with van der Waals surface area (Å²) in [7, 11) is 0. The molecule has 0 spiro atoms. The van der Waals surface area contributed by atoms with E-state index in [2.05, 4.69) is 10.6 Å². The highest BCUT2D eigenvalue weighted by molar-refractivity contribution is 5.81. The Hall–Kier alpha value is -1.14. The van der Waals surface area contributed by atoms with Gasteiger partial charge in [0.25, 0.3) is 0 Å². The van der Waals surface area contributed by atoms with E-state index < -0.39 is 0 Å². The first-order valence-corrected chi connectivity index (χ1v) is 9.07. The number of nitrogens with zero attached hydrogens (tertiary/aromatic N) is 1. The summed E-state index contributed by atoms with van der Waals surface area (Å²) in [4.78, 5) is 26.6. The van der Waals surface area contributed by atoms with Gasteiger partial charge in [-0.3, -0.25) is 9.59 Å². The van der Waals surface area contributed by atoms with Gasteiger partial charge < -0.3 is 20.3 Å². The summed E-state index contributed by atoms with van der Waals surface area (Å²) in [6, 6.07) is 0. The van der Waals surface area contributed by atoms with Crippen LogP contribution >= 0.6 is 0 Å². The van der Waals surface area contributed by atoms with Crippen LogP contribution in [0.3, 0.4) is 0 Å². The van der Waals surface area contributed by atoms with E-state index >= 15 is 0 Å². The smallest absolute Gasteiger partial charge is 0.226 e. The van der Waals surface area contributed by atoms with Crippen molar-refractivity contribution in [2.24, 2.45) is 11.8 Å². The van der Waals surface area contributed by atoms with Crippen LogP contribution in [0.15, 0.2) is 0 Å². The van der Waals surface area contributed by atoms with Gasteiger partial charge in [0.05, 0.1) is 5.92 Å². The number of nitrogens with one attached hydrogen (secondary N) is 2. The maximum absolute atomic E-state index is 12.5. The van der Waals surface area contributed by atoms with Gasteiger partial charge in [0, 0.05) is 45.3 Å². The predicted octanol–water partition coefficient (Wildman–Crippen LogP) is 0.767. The Kier molecular flexibility index (Phi) is 7.82. The van der Waals surface area contributed by atoms with Crippen LogP contribution in [-0.4, -0.2) is 62.7 Å². The average Bonchev–Trinajstić information content (AvgIpc) is 2.61. The Morgan fingerprint density at radius 3 is 2.65 bits per heavy atom. The monoisotopic (exact) mass is 325 g/mol. The molecule has 132 valence electrons. The van der Waals surface area contributed by atoms with E-state index in [4.69, 9.17) is 4.74 Å². The highest BCUT2D eigenvalue weighted by atomic mass is 16.5. The van der Waals surface area contributed by atoms with Gasteiger partial charge >= 0.3 is 0 Å². The predicted molar refractivity (Wildman–Crippen MR) is 89.0 cm³/mol. The van der Waals surface area contributed by atoms with Gasteiger partial charge in [-0.15, -0.1) is 0 Å². The van der Waals surface area contributed by atoms with Gasteiger partial charge in [-0.05, 0) is 45.6 Å². The summed E-state index contributed by atoms with van der Waals surface area (Å²) in [5.74, 6) is 0.587. The van der Waals surface area contributed by atoms with E-state index in [1.807, 2.05) is 11.8 Å². The van der Waals surface area contributed by atoms with Crippen LogP contribution in [0, 0.1) is 11.8 Å². The fourth-order valence-electron chi connectivity index (χ4n) is 3.36. The molecule has 6 heteroatoms. The molecule has 0 aromatic heterocycles. The zero-order chi connectivity index (χ0) is 16.5. The van der Waals surface area contributed by atoms with Gasteiger partial charge in [-0.2, -0.15) is 0 Å². The first-order chi connectivity index (χ1) is 11.2. The third kappa shape index (κ3) is 5.77. The lowest BCUT2D eigenvalue weighted by atomic mass is 9.93. The SMILES string of the molecule is CCOCCCNC(=O)C1CCN(C(=O)C2CCCNC2)CC1. The lowest BCUT2D eigenvalue weighted by molar-refractivity contribution is -0.139. The molecule has 0 radical (unpaired) electrons. The quantitative estimate of drug-likeness (QED) is 0.678. The molecule has 6 nitrogen and oxygen atoms in total. The second-order valence-electron chi connectivity index (χ2n) is 6.48.